The summed E-state index contributed by atoms with van der Waals surface area (Å²) in [5.74, 6) is 4.57. The summed E-state index contributed by atoms with van der Waals surface area (Å²) in [6.07, 6.45) is 1.20. The van der Waals surface area contributed by atoms with Crippen molar-refractivity contribution in [1.29, 1.82) is 0 Å². The summed E-state index contributed by atoms with van der Waals surface area (Å²) >= 11 is 3.72. The number of rotatable bonds is 7. The Hall–Kier alpha value is -2.32. The fraction of sp³-hybridized carbons (Fsp3) is 0.409. The molecule has 0 bridgehead atoms. The number of thioether (sulfide) groups is 1. The molecule has 8 heteroatoms. The Bertz CT molecular complexity index is 951. The van der Waals surface area contributed by atoms with Crippen molar-refractivity contribution in [1.82, 2.24) is 25.0 Å². The van der Waals surface area contributed by atoms with Crippen LogP contribution in [0.25, 0.3) is 0 Å². The zero-order valence-electron chi connectivity index (χ0n) is 17.5. The second-order valence-electron chi connectivity index (χ2n) is 7.52. The first-order valence-electron chi connectivity index (χ1n) is 10.3. The average molecular weight is 441 g/mol. The van der Waals surface area contributed by atoms with E-state index in [-0.39, 0.29) is 0 Å². The van der Waals surface area contributed by atoms with Gasteiger partial charge in [-0.3, -0.25) is 0 Å². The molecule has 158 valence electrons. The first kappa shape index (κ1) is 20.9. The quantitative estimate of drug-likeness (QED) is 0.343. The van der Waals surface area contributed by atoms with Crippen LogP contribution in [0, 0.1) is 12.8 Å². The van der Waals surface area contributed by atoms with Crippen LogP contribution in [-0.2, 0) is 20.1 Å². The Morgan fingerprint density at radius 3 is 2.83 bits per heavy atom. The molecule has 0 amide bonds. The Kier molecular flexibility index (Phi) is 7.07. The summed E-state index contributed by atoms with van der Waals surface area (Å²) in [6, 6.07) is 14.9. The van der Waals surface area contributed by atoms with E-state index in [0.29, 0.717) is 12.5 Å². The number of thiophene rings is 1. The molecule has 1 atom stereocenters. The highest BCUT2D eigenvalue weighted by atomic mass is 32.2. The van der Waals surface area contributed by atoms with Crippen molar-refractivity contribution in [2.45, 2.75) is 31.3 Å². The molecule has 3 aromatic rings. The maximum Gasteiger partial charge on any atom is 0.194 e. The Balaban J connectivity index is 1.39. The molecule has 1 aromatic carbocycles. The molecule has 0 saturated carbocycles. The summed E-state index contributed by atoms with van der Waals surface area (Å²) in [6.45, 7) is 5.37. The summed E-state index contributed by atoms with van der Waals surface area (Å²) in [5, 5.41) is 14.1. The third-order valence-corrected chi connectivity index (χ3v) is 7.49. The maximum absolute atomic E-state index is 4.91. The van der Waals surface area contributed by atoms with Gasteiger partial charge in [0.2, 0.25) is 0 Å². The van der Waals surface area contributed by atoms with Gasteiger partial charge in [0.15, 0.2) is 11.8 Å². The molecule has 1 saturated heterocycles. The van der Waals surface area contributed by atoms with Gasteiger partial charge in [-0.05, 0) is 42.8 Å². The van der Waals surface area contributed by atoms with Gasteiger partial charge in [-0.1, -0.05) is 24.3 Å². The van der Waals surface area contributed by atoms with Gasteiger partial charge < -0.3 is 14.8 Å². The van der Waals surface area contributed by atoms with E-state index in [2.05, 4.69) is 68.3 Å². The molecule has 30 heavy (non-hydrogen) atoms. The van der Waals surface area contributed by atoms with E-state index < -0.39 is 0 Å². The van der Waals surface area contributed by atoms with Crippen LogP contribution in [0.2, 0.25) is 0 Å². The van der Waals surface area contributed by atoms with Crippen molar-refractivity contribution in [2.75, 3.05) is 18.8 Å². The van der Waals surface area contributed by atoms with Crippen LogP contribution in [0.3, 0.4) is 0 Å². The second-order valence-corrected chi connectivity index (χ2v) is 9.65. The normalized spacial score (nSPS) is 16.9. The first-order valence-corrected chi connectivity index (χ1v) is 12.1. The van der Waals surface area contributed by atoms with E-state index in [4.69, 9.17) is 4.99 Å². The van der Waals surface area contributed by atoms with Crippen LogP contribution in [0.4, 0.5) is 0 Å². The van der Waals surface area contributed by atoms with Crippen molar-refractivity contribution < 1.29 is 0 Å². The van der Waals surface area contributed by atoms with Crippen LogP contribution in [0.5, 0.6) is 0 Å². The van der Waals surface area contributed by atoms with Gasteiger partial charge in [-0.25, -0.2) is 4.99 Å². The van der Waals surface area contributed by atoms with Crippen LogP contribution in [-0.4, -0.2) is 44.5 Å². The molecule has 1 fully saturated rings. The molecule has 1 aliphatic heterocycles. The zero-order valence-corrected chi connectivity index (χ0v) is 19.1. The molecule has 4 rings (SSSR count). The number of nitrogens with zero attached hydrogens (tertiary/aromatic N) is 5. The first-order chi connectivity index (χ1) is 14.7. The fourth-order valence-corrected chi connectivity index (χ4v) is 5.17. The molecule has 3 heterocycles. The SMILES string of the molecule is Cc1nnc(CN=C(NCc2cccs2)N2CCC(CSc3ccccc3)C2)n1C. The number of nitrogens with one attached hydrogen (secondary N) is 1. The lowest BCUT2D eigenvalue weighted by Crippen LogP contribution is -2.40. The lowest BCUT2D eigenvalue weighted by Gasteiger charge is -2.22. The molecule has 1 aliphatic rings. The maximum atomic E-state index is 4.91. The van der Waals surface area contributed by atoms with Crippen LogP contribution >= 0.6 is 23.1 Å². The van der Waals surface area contributed by atoms with Crippen LogP contribution in [0.15, 0.2) is 57.7 Å². The highest BCUT2D eigenvalue weighted by Crippen LogP contribution is 2.26. The van der Waals surface area contributed by atoms with Gasteiger partial charge >= 0.3 is 0 Å². The summed E-state index contributed by atoms with van der Waals surface area (Å²) in [4.78, 5) is 9.96. The minimum Gasteiger partial charge on any atom is -0.351 e. The lowest BCUT2D eigenvalue weighted by molar-refractivity contribution is 0.472. The largest absolute Gasteiger partial charge is 0.351 e. The molecule has 6 nitrogen and oxygen atoms in total. The van der Waals surface area contributed by atoms with Crippen molar-refractivity contribution >= 4 is 29.1 Å². The topological polar surface area (TPSA) is 58.3 Å². The molecule has 0 spiro atoms. The van der Waals surface area contributed by atoms with Crippen molar-refractivity contribution in [3.63, 3.8) is 0 Å². The van der Waals surface area contributed by atoms with E-state index in [1.54, 1.807) is 11.3 Å². The Labute approximate surface area is 186 Å². The van der Waals surface area contributed by atoms with Gasteiger partial charge in [0.05, 0.1) is 6.54 Å². The van der Waals surface area contributed by atoms with E-state index in [0.717, 1.165) is 43.0 Å². The third kappa shape index (κ3) is 5.43. The number of guanidine groups is 1. The Morgan fingerprint density at radius 2 is 2.10 bits per heavy atom. The van der Waals surface area contributed by atoms with E-state index >= 15 is 0 Å². The van der Waals surface area contributed by atoms with Gasteiger partial charge in [-0.15, -0.1) is 33.3 Å². The second kappa shape index (κ2) is 10.1. The van der Waals surface area contributed by atoms with Crippen molar-refractivity contribution in [2.24, 2.45) is 18.0 Å². The molecular formula is C22H28N6S2. The molecular weight excluding hydrogens is 412 g/mol. The summed E-state index contributed by atoms with van der Waals surface area (Å²) in [7, 11) is 1.99. The number of hydrogen-bond acceptors (Lipinski definition) is 5. The van der Waals surface area contributed by atoms with E-state index in [9.17, 15) is 0 Å². The molecule has 0 radical (unpaired) electrons. The number of aromatic nitrogens is 3. The fourth-order valence-electron chi connectivity index (χ4n) is 3.47. The minimum absolute atomic E-state index is 0.532. The number of benzene rings is 1. The third-order valence-electron chi connectivity index (χ3n) is 5.37. The molecule has 1 N–H and O–H groups in total. The number of likely N-dealkylation sites (tertiary alicyclic amines) is 1. The van der Waals surface area contributed by atoms with Crippen molar-refractivity contribution in [3.05, 3.63) is 64.4 Å². The predicted molar refractivity (Wildman–Crippen MR) is 125 cm³/mol. The number of hydrogen-bond donors (Lipinski definition) is 1. The monoisotopic (exact) mass is 440 g/mol. The lowest BCUT2D eigenvalue weighted by atomic mass is 10.2. The van der Waals surface area contributed by atoms with E-state index in [1.807, 2.05) is 30.3 Å². The number of aryl methyl sites for hydroxylation is 1. The highest BCUT2D eigenvalue weighted by molar-refractivity contribution is 7.99. The highest BCUT2D eigenvalue weighted by Gasteiger charge is 2.25. The van der Waals surface area contributed by atoms with Gasteiger partial charge in [0, 0.05) is 35.7 Å². The summed E-state index contributed by atoms with van der Waals surface area (Å²) in [5.41, 5.74) is 0. The minimum atomic E-state index is 0.532. The van der Waals surface area contributed by atoms with Crippen LogP contribution < -0.4 is 5.32 Å². The Morgan fingerprint density at radius 1 is 1.23 bits per heavy atom. The zero-order chi connectivity index (χ0) is 20.8. The number of aliphatic imine (C=N–C) groups is 1. The molecule has 1 unspecified atom stereocenters. The van der Waals surface area contributed by atoms with Crippen molar-refractivity contribution in [3.8, 4) is 0 Å². The summed E-state index contributed by atoms with van der Waals surface area (Å²) < 4.78 is 2.00. The predicted octanol–water partition coefficient (Wildman–Crippen LogP) is 3.95. The van der Waals surface area contributed by atoms with E-state index in [1.165, 1.54) is 16.2 Å². The van der Waals surface area contributed by atoms with Crippen LogP contribution in [0.1, 0.15) is 22.9 Å². The van der Waals surface area contributed by atoms with Gasteiger partial charge in [-0.2, -0.15) is 0 Å². The smallest absolute Gasteiger partial charge is 0.194 e. The van der Waals surface area contributed by atoms with Gasteiger partial charge in [0.1, 0.15) is 12.4 Å². The molecule has 0 aliphatic carbocycles. The standard InChI is InChI=1S/C22H28N6S2/c1-17-25-26-21(27(17)2)14-24-22(23-13-20-9-6-12-29-20)28-11-10-18(15-28)16-30-19-7-4-3-5-8-19/h3-9,12,18H,10-11,13-16H2,1-2H3,(H,23,24). The average Bonchev–Trinajstić information content (AvgIpc) is 3.52. The molecule has 2 aromatic heterocycles. The van der Waals surface area contributed by atoms with Gasteiger partial charge in [0.25, 0.3) is 0 Å².